The highest BCUT2D eigenvalue weighted by Gasteiger charge is 2.26. The van der Waals surface area contributed by atoms with Crippen molar-refractivity contribution in [1.82, 2.24) is 20.0 Å². The highest BCUT2D eigenvalue weighted by atomic mass is 16.2. The second-order valence-electron chi connectivity index (χ2n) is 8.69. The normalized spacial score (nSPS) is 13.4. The van der Waals surface area contributed by atoms with E-state index in [1.807, 2.05) is 26.8 Å². The van der Waals surface area contributed by atoms with Crippen molar-refractivity contribution >= 4 is 40.4 Å². The maximum absolute atomic E-state index is 13.3. The number of carbonyl (C=O) groups excluding carboxylic acids is 3. The number of ketones is 1. The molecule has 2 aromatic heterocycles. The van der Waals surface area contributed by atoms with E-state index < -0.39 is 0 Å². The number of aromatic nitrogens is 4. The lowest BCUT2D eigenvalue weighted by Gasteiger charge is -2.09. The zero-order valence-electron chi connectivity index (χ0n) is 20.5. The summed E-state index contributed by atoms with van der Waals surface area (Å²) in [4.78, 5) is 38.7. The topological polar surface area (TPSA) is 134 Å². The fraction of sp³-hybridized carbons (Fsp3) is 0.148. The van der Waals surface area contributed by atoms with Crippen LogP contribution >= 0.6 is 0 Å². The molecule has 0 spiro atoms. The quantitative estimate of drug-likeness (QED) is 0.225. The number of amides is 2. The molecule has 0 bridgehead atoms. The van der Waals surface area contributed by atoms with Crippen molar-refractivity contribution in [3.63, 3.8) is 0 Å². The molecule has 0 atom stereocenters. The number of H-pyrrole nitrogens is 1. The Hall–Kier alpha value is -4.99. The van der Waals surface area contributed by atoms with Gasteiger partial charge in [-0.3, -0.25) is 24.2 Å². The number of hydrogen-bond donors (Lipinski definition) is 4. The SMILES string of the molecule is CCn1nc(C)cc1C(=O)Nc1cccc(C(=O)c2ccc3c(c2)/C(=C/Nc2cc(C)n[nH]2)C(=O)N3)c1. The third kappa shape index (κ3) is 4.76. The number of aromatic amines is 1. The molecule has 2 aromatic carbocycles. The van der Waals surface area contributed by atoms with Crippen LogP contribution in [0.5, 0.6) is 0 Å². The van der Waals surface area contributed by atoms with E-state index in [1.54, 1.807) is 59.4 Å². The van der Waals surface area contributed by atoms with Crippen LogP contribution in [-0.4, -0.2) is 37.6 Å². The predicted molar refractivity (Wildman–Crippen MR) is 140 cm³/mol. The summed E-state index contributed by atoms with van der Waals surface area (Å²) in [5.74, 6) is -0.155. The smallest absolute Gasteiger partial charge is 0.273 e. The van der Waals surface area contributed by atoms with E-state index in [-0.39, 0.29) is 17.6 Å². The number of carbonyl (C=O) groups is 3. The van der Waals surface area contributed by atoms with Gasteiger partial charge < -0.3 is 16.0 Å². The monoisotopic (exact) mass is 495 g/mol. The van der Waals surface area contributed by atoms with Crippen LogP contribution in [0.3, 0.4) is 0 Å². The third-order valence-corrected chi connectivity index (χ3v) is 5.96. The van der Waals surface area contributed by atoms with Crippen molar-refractivity contribution in [2.75, 3.05) is 16.0 Å². The number of fused-ring (bicyclic) bond motifs is 1. The Morgan fingerprint density at radius 3 is 2.59 bits per heavy atom. The Kier molecular flexibility index (Phi) is 6.14. The molecule has 37 heavy (non-hydrogen) atoms. The minimum Gasteiger partial charge on any atom is -0.346 e. The van der Waals surface area contributed by atoms with Crippen LogP contribution in [0, 0.1) is 13.8 Å². The van der Waals surface area contributed by atoms with Gasteiger partial charge in [0.25, 0.3) is 11.8 Å². The second-order valence-corrected chi connectivity index (χ2v) is 8.69. The van der Waals surface area contributed by atoms with Crippen LogP contribution in [0.15, 0.2) is 60.8 Å². The standard InChI is InChI=1S/C27H25N7O3/c1-4-34-23(10-16(3)33-34)27(37)29-19-7-5-6-17(12-19)25(35)18-8-9-22-20(13-18)21(26(36)30-22)14-28-24-11-15(2)31-32-24/h5-14H,4H2,1-3H3,(H,29,37)(H,30,36)(H2,28,31,32)/b21-14-. The summed E-state index contributed by atoms with van der Waals surface area (Å²) in [6.45, 7) is 6.16. The highest BCUT2D eigenvalue weighted by Crippen LogP contribution is 2.33. The Labute approximate surface area is 212 Å². The molecule has 0 unspecified atom stereocenters. The zero-order chi connectivity index (χ0) is 26.1. The van der Waals surface area contributed by atoms with Gasteiger partial charge in [-0.15, -0.1) is 0 Å². The minimum atomic E-state index is -0.302. The highest BCUT2D eigenvalue weighted by molar-refractivity contribution is 6.32. The number of benzene rings is 2. The number of aryl methyl sites for hydroxylation is 3. The van der Waals surface area contributed by atoms with E-state index in [4.69, 9.17) is 0 Å². The lowest BCUT2D eigenvalue weighted by Crippen LogP contribution is -2.17. The molecule has 10 nitrogen and oxygen atoms in total. The molecule has 3 heterocycles. The van der Waals surface area contributed by atoms with Crippen molar-refractivity contribution < 1.29 is 14.4 Å². The van der Waals surface area contributed by atoms with E-state index >= 15 is 0 Å². The first-order valence-corrected chi connectivity index (χ1v) is 11.8. The van der Waals surface area contributed by atoms with Gasteiger partial charge >= 0.3 is 0 Å². The van der Waals surface area contributed by atoms with Crippen LogP contribution in [-0.2, 0) is 11.3 Å². The molecule has 10 heteroatoms. The lowest BCUT2D eigenvalue weighted by molar-refractivity contribution is -0.110. The maximum Gasteiger partial charge on any atom is 0.273 e. The molecule has 0 saturated heterocycles. The van der Waals surface area contributed by atoms with E-state index in [9.17, 15) is 14.4 Å². The number of rotatable bonds is 7. The molecular formula is C27H25N7O3. The average Bonchev–Trinajstić information content (AvgIpc) is 3.57. The molecule has 5 rings (SSSR count). The minimum absolute atomic E-state index is 0.232. The van der Waals surface area contributed by atoms with Crippen LogP contribution in [0.4, 0.5) is 17.2 Å². The Bertz CT molecular complexity index is 1580. The molecule has 1 aliphatic rings. The zero-order valence-corrected chi connectivity index (χ0v) is 20.5. The molecule has 0 aliphatic carbocycles. The molecule has 2 amide bonds. The summed E-state index contributed by atoms with van der Waals surface area (Å²) in [6, 6.07) is 15.4. The van der Waals surface area contributed by atoms with Crippen LogP contribution in [0.2, 0.25) is 0 Å². The Morgan fingerprint density at radius 2 is 1.84 bits per heavy atom. The van der Waals surface area contributed by atoms with Gasteiger partial charge in [0.05, 0.1) is 17.0 Å². The van der Waals surface area contributed by atoms with Gasteiger partial charge in [0.15, 0.2) is 5.78 Å². The number of hydrogen-bond acceptors (Lipinski definition) is 6. The predicted octanol–water partition coefficient (Wildman–Crippen LogP) is 4.13. The number of nitrogens with zero attached hydrogens (tertiary/aromatic N) is 3. The number of nitrogens with one attached hydrogen (secondary N) is 4. The van der Waals surface area contributed by atoms with Crippen LogP contribution in [0.25, 0.3) is 5.57 Å². The summed E-state index contributed by atoms with van der Waals surface area (Å²) in [5.41, 5.74) is 4.99. The fourth-order valence-electron chi connectivity index (χ4n) is 4.19. The van der Waals surface area contributed by atoms with Crippen molar-refractivity contribution in [1.29, 1.82) is 0 Å². The van der Waals surface area contributed by atoms with Crippen molar-refractivity contribution in [3.8, 4) is 0 Å². The first-order chi connectivity index (χ1) is 17.8. The first-order valence-electron chi connectivity index (χ1n) is 11.8. The molecule has 1 aliphatic heterocycles. The van der Waals surface area contributed by atoms with Crippen molar-refractivity contribution in [2.45, 2.75) is 27.3 Å². The van der Waals surface area contributed by atoms with Gasteiger partial charge in [-0.25, -0.2) is 0 Å². The first kappa shape index (κ1) is 23.7. The maximum atomic E-state index is 13.3. The molecule has 4 aromatic rings. The van der Waals surface area contributed by atoms with Gasteiger partial charge in [-0.1, -0.05) is 12.1 Å². The van der Waals surface area contributed by atoms with Crippen LogP contribution in [0.1, 0.15) is 50.3 Å². The fourth-order valence-corrected chi connectivity index (χ4v) is 4.19. The third-order valence-electron chi connectivity index (χ3n) is 5.96. The van der Waals surface area contributed by atoms with E-state index in [0.29, 0.717) is 51.7 Å². The average molecular weight is 496 g/mol. The molecule has 4 N–H and O–H groups in total. The van der Waals surface area contributed by atoms with Gasteiger partial charge in [0.2, 0.25) is 0 Å². The Balaban J connectivity index is 1.38. The van der Waals surface area contributed by atoms with Gasteiger partial charge in [-0.2, -0.15) is 10.2 Å². The molecule has 0 fully saturated rings. The van der Waals surface area contributed by atoms with Crippen molar-refractivity contribution in [3.05, 3.63) is 94.6 Å². The second kappa shape index (κ2) is 9.57. The van der Waals surface area contributed by atoms with Gasteiger partial charge in [0, 0.05) is 46.9 Å². The van der Waals surface area contributed by atoms with E-state index in [2.05, 4.69) is 31.2 Å². The molecule has 186 valence electrons. The largest absolute Gasteiger partial charge is 0.346 e. The lowest BCUT2D eigenvalue weighted by atomic mass is 9.98. The van der Waals surface area contributed by atoms with Crippen LogP contribution < -0.4 is 16.0 Å². The number of anilines is 3. The van der Waals surface area contributed by atoms with Crippen molar-refractivity contribution in [2.24, 2.45) is 0 Å². The van der Waals surface area contributed by atoms with Gasteiger partial charge in [0.1, 0.15) is 11.5 Å². The van der Waals surface area contributed by atoms with Gasteiger partial charge in [-0.05, 0) is 57.2 Å². The summed E-state index contributed by atoms with van der Waals surface area (Å²) in [5, 5.41) is 19.9. The molecular weight excluding hydrogens is 470 g/mol. The summed E-state index contributed by atoms with van der Waals surface area (Å²) in [7, 11) is 0. The Morgan fingerprint density at radius 1 is 1.03 bits per heavy atom. The summed E-state index contributed by atoms with van der Waals surface area (Å²) >= 11 is 0. The summed E-state index contributed by atoms with van der Waals surface area (Å²) < 4.78 is 1.63. The van der Waals surface area contributed by atoms with E-state index in [1.165, 1.54) is 0 Å². The summed E-state index contributed by atoms with van der Waals surface area (Å²) in [6.07, 6.45) is 1.58. The molecule has 0 saturated carbocycles. The molecule has 0 radical (unpaired) electrons. The van der Waals surface area contributed by atoms with E-state index in [0.717, 1.165) is 11.4 Å².